The molecule has 6 nitrogen and oxygen atoms in total. The van der Waals surface area contributed by atoms with Gasteiger partial charge in [0.25, 0.3) is 0 Å². The highest BCUT2D eigenvalue weighted by Gasteiger charge is 2.23. The van der Waals surface area contributed by atoms with Crippen LogP contribution in [0.25, 0.3) is 0 Å². The number of sulfone groups is 1. The molecule has 0 bridgehead atoms. The number of hydrogen-bond donors (Lipinski definition) is 2. The summed E-state index contributed by atoms with van der Waals surface area (Å²) in [6, 6.07) is 18.5. The van der Waals surface area contributed by atoms with E-state index in [4.69, 9.17) is 0 Å². The van der Waals surface area contributed by atoms with Crippen LogP contribution in [0.3, 0.4) is 0 Å². The van der Waals surface area contributed by atoms with Crippen molar-refractivity contribution in [2.45, 2.75) is 36.7 Å². The minimum absolute atomic E-state index is 0.0736. The molecular weight excluding hydrogens is 441 g/mol. The lowest BCUT2D eigenvalue weighted by Gasteiger charge is -2.25. The second-order valence-electron chi connectivity index (χ2n) is 8.19. The molecule has 2 amide bonds. The number of nitrogens with one attached hydrogen (secondary N) is 2. The topological polar surface area (TPSA) is 78.5 Å². The minimum Gasteiger partial charge on any atom is -0.321 e. The number of halogens is 1. The average Bonchev–Trinajstić information content (AvgIpc) is 3.30. The van der Waals surface area contributed by atoms with Crippen molar-refractivity contribution in [3.05, 3.63) is 94.8 Å². The van der Waals surface area contributed by atoms with Crippen LogP contribution in [0.4, 0.5) is 14.9 Å². The Morgan fingerprint density at radius 1 is 1.06 bits per heavy atom. The first-order valence-electron chi connectivity index (χ1n) is 10.7. The Kier molecular flexibility index (Phi) is 6.49. The summed E-state index contributed by atoms with van der Waals surface area (Å²) >= 11 is 0. The molecule has 0 saturated carbocycles. The maximum Gasteiger partial charge on any atom is 0.322 e. The van der Waals surface area contributed by atoms with E-state index in [0.29, 0.717) is 24.3 Å². The Balaban J connectivity index is 1.44. The van der Waals surface area contributed by atoms with Crippen molar-refractivity contribution >= 4 is 21.6 Å². The van der Waals surface area contributed by atoms with Crippen LogP contribution in [0.5, 0.6) is 0 Å². The third kappa shape index (κ3) is 4.91. The second kappa shape index (κ2) is 9.33. The molecule has 4 rings (SSSR count). The van der Waals surface area contributed by atoms with Crippen LogP contribution < -0.4 is 10.6 Å². The van der Waals surface area contributed by atoms with Gasteiger partial charge in [0.2, 0.25) is 0 Å². The molecule has 0 aromatic heterocycles. The molecular formula is C25H26FN3O3S. The largest absolute Gasteiger partial charge is 0.322 e. The van der Waals surface area contributed by atoms with Gasteiger partial charge < -0.3 is 15.5 Å². The zero-order chi connectivity index (χ0) is 23.6. The van der Waals surface area contributed by atoms with E-state index in [0.717, 1.165) is 11.1 Å². The first-order valence-corrected chi connectivity index (χ1v) is 12.3. The van der Waals surface area contributed by atoms with E-state index in [1.165, 1.54) is 30.3 Å². The van der Waals surface area contributed by atoms with Gasteiger partial charge in [-0.15, -0.1) is 0 Å². The molecule has 1 unspecified atom stereocenters. The van der Waals surface area contributed by atoms with Crippen LogP contribution in [-0.4, -0.2) is 26.4 Å². The summed E-state index contributed by atoms with van der Waals surface area (Å²) in [5, 5.41) is 5.85. The predicted molar refractivity (Wildman–Crippen MR) is 126 cm³/mol. The molecule has 2 N–H and O–H groups in total. The van der Waals surface area contributed by atoms with Gasteiger partial charge in [-0.1, -0.05) is 42.5 Å². The highest BCUT2D eigenvalue weighted by atomic mass is 32.2. The summed E-state index contributed by atoms with van der Waals surface area (Å²) in [5.74, 6) is -0.879. The predicted octanol–water partition coefficient (Wildman–Crippen LogP) is 4.63. The molecule has 33 heavy (non-hydrogen) atoms. The van der Waals surface area contributed by atoms with Gasteiger partial charge in [0, 0.05) is 37.0 Å². The lowest BCUT2D eigenvalue weighted by Crippen LogP contribution is -2.33. The summed E-state index contributed by atoms with van der Waals surface area (Å²) in [5.41, 5.74) is 3.04. The zero-order valence-electron chi connectivity index (χ0n) is 18.5. The molecule has 0 aliphatic carbocycles. The Hall–Kier alpha value is -3.23. The fraction of sp³-hybridized carbons (Fsp3) is 0.240. The van der Waals surface area contributed by atoms with E-state index >= 15 is 0 Å². The van der Waals surface area contributed by atoms with Gasteiger partial charge >= 0.3 is 6.03 Å². The number of amides is 2. The molecule has 0 spiro atoms. The third-order valence-corrected chi connectivity index (χ3v) is 7.71. The number of carbonyl (C=O) groups is 1. The van der Waals surface area contributed by atoms with Crippen LogP contribution in [-0.2, 0) is 28.7 Å². The quantitative estimate of drug-likeness (QED) is 0.554. The molecule has 172 valence electrons. The normalized spacial score (nSPS) is 13.9. The molecule has 0 fully saturated rings. The van der Waals surface area contributed by atoms with E-state index in [1.807, 2.05) is 37.3 Å². The molecule has 8 heteroatoms. The number of fused-ring (bicyclic) bond motifs is 1. The third-order valence-electron chi connectivity index (χ3n) is 6.03. The van der Waals surface area contributed by atoms with Crippen molar-refractivity contribution in [2.24, 2.45) is 0 Å². The molecule has 0 saturated heterocycles. The van der Waals surface area contributed by atoms with Crippen LogP contribution in [0.1, 0.15) is 35.2 Å². The van der Waals surface area contributed by atoms with Crippen LogP contribution in [0.15, 0.2) is 71.6 Å². The fourth-order valence-electron chi connectivity index (χ4n) is 3.88. The Labute approximate surface area is 193 Å². The lowest BCUT2D eigenvalue weighted by molar-refractivity contribution is 0.208. The van der Waals surface area contributed by atoms with Crippen LogP contribution in [0, 0.1) is 5.82 Å². The van der Waals surface area contributed by atoms with Crippen LogP contribution >= 0.6 is 0 Å². The molecule has 1 aliphatic rings. The molecule has 3 aromatic carbocycles. The summed E-state index contributed by atoms with van der Waals surface area (Å²) in [6.45, 7) is 2.92. The summed E-state index contributed by atoms with van der Waals surface area (Å²) < 4.78 is 40.5. The Morgan fingerprint density at radius 3 is 2.45 bits per heavy atom. The average molecular weight is 468 g/mol. The maximum atomic E-state index is 14.7. The molecule has 1 atom stereocenters. The highest BCUT2D eigenvalue weighted by Crippen LogP contribution is 2.26. The minimum atomic E-state index is -3.75. The Bertz CT molecular complexity index is 1260. The van der Waals surface area contributed by atoms with Gasteiger partial charge in [-0.3, -0.25) is 0 Å². The van der Waals surface area contributed by atoms with Gasteiger partial charge in [0.15, 0.2) is 9.84 Å². The van der Waals surface area contributed by atoms with Gasteiger partial charge in [-0.05, 0) is 42.3 Å². The molecule has 1 heterocycles. The van der Waals surface area contributed by atoms with Crippen molar-refractivity contribution < 1.29 is 17.6 Å². The monoisotopic (exact) mass is 467 g/mol. The standard InChI is InChI=1S/C25H26FN3O3S/c1-17(18-6-4-3-5-7-18)29(2)25(30)28-21-10-12-22(13-11-21)33(31,32)16-20-9-8-19-14-27-15-23(19)24(20)26/h3-13,17,27H,14-16H2,1-2H3,(H,28,30). The van der Waals surface area contributed by atoms with E-state index in [-0.39, 0.29) is 22.5 Å². The first-order chi connectivity index (χ1) is 15.8. The summed E-state index contributed by atoms with van der Waals surface area (Å²) in [7, 11) is -2.05. The SMILES string of the molecule is CC(c1ccccc1)N(C)C(=O)Nc1ccc(S(=O)(=O)Cc2ccc3c(c2F)CNC3)cc1. The smallest absolute Gasteiger partial charge is 0.321 e. The van der Waals surface area contributed by atoms with Crippen molar-refractivity contribution in [2.75, 3.05) is 12.4 Å². The fourth-order valence-corrected chi connectivity index (χ4v) is 5.23. The number of hydrogen-bond acceptors (Lipinski definition) is 4. The number of rotatable bonds is 6. The summed E-state index contributed by atoms with van der Waals surface area (Å²) in [6.07, 6.45) is 0. The first kappa shape index (κ1) is 22.9. The zero-order valence-corrected chi connectivity index (χ0v) is 19.3. The van der Waals surface area contributed by atoms with Crippen molar-refractivity contribution in [1.82, 2.24) is 10.2 Å². The van der Waals surface area contributed by atoms with E-state index in [9.17, 15) is 17.6 Å². The van der Waals surface area contributed by atoms with E-state index in [1.54, 1.807) is 18.0 Å². The molecule has 3 aromatic rings. The van der Waals surface area contributed by atoms with Gasteiger partial charge in [-0.25, -0.2) is 17.6 Å². The highest BCUT2D eigenvalue weighted by molar-refractivity contribution is 7.90. The number of nitrogens with zero attached hydrogens (tertiary/aromatic N) is 1. The van der Waals surface area contributed by atoms with E-state index in [2.05, 4.69) is 10.6 Å². The van der Waals surface area contributed by atoms with Gasteiger partial charge in [0.05, 0.1) is 16.7 Å². The molecule has 1 aliphatic heterocycles. The van der Waals surface area contributed by atoms with Crippen molar-refractivity contribution in [1.29, 1.82) is 0 Å². The number of benzene rings is 3. The number of carbonyl (C=O) groups excluding carboxylic acids is 1. The summed E-state index contributed by atoms with van der Waals surface area (Å²) in [4.78, 5) is 14.3. The number of anilines is 1. The van der Waals surface area contributed by atoms with Crippen LogP contribution in [0.2, 0.25) is 0 Å². The van der Waals surface area contributed by atoms with Gasteiger partial charge in [0.1, 0.15) is 5.82 Å². The Morgan fingerprint density at radius 2 is 1.76 bits per heavy atom. The lowest BCUT2D eigenvalue weighted by atomic mass is 10.1. The second-order valence-corrected chi connectivity index (χ2v) is 10.2. The van der Waals surface area contributed by atoms with Gasteiger partial charge in [-0.2, -0.15) is 0 Å². The van der Waals surface area contributed by atoms with Crippen molar-refractivity contribution in [3.8, 4) is 0 Å². The maximum absolute atomic E-state index is 14.7. The van der Waals surface area contributed by atoms with E-state index < -0.39 is 21.4 Å². The number of urea groups is 1. The molecule has 0 radical (unpaired) electrons. The van der Waals surface area contributed by atoms with Crippen molar-refractivity contribution in [3.63, 3.8) is 0 Å².